The third kappa shape index (κ3) is 4.44. The number of nitrogens with zero attached hydrogens (tertiary/aromatic N) is 1. The zero-order chi connectivity index (χ0) is 20.5. The van der Waals surface area contributed by atoms with Gasteiger partial charge in [-0.15, -0.1) is 0 Å². The molecule has 2 N–H and O–H groups in total. The molecule has 29 heavy (non-hydrogen) atoms. The Morgan fingerprint density at radius 2 is 1.62 bits per heavy atom. The van der Waals surface area contributed by atoms with Crippen molar-refractivity contribution in [3.63, 3.8) is 0 Å². The summed E-state index contributed by atoms with van der Waals surface area (Å²) in [6.45, 7) is 2.04. The number of aliphatic imine (C=N–C) groups is 1. The lowest BCUT2D eigenvalue weighted by molar-refractivity contribution is 0.405. The van der Waals surface area contributed by atoms with Gasteiger partial charge < -0.3 is 5.11 Å². The summed E-state index contributed by atoms with van der Waals surface area (Å²) < 4.78 is 16.3. The van der Waals surface area contributed by atoms with E-state index in [9.17, 15) is 9.50 Å². The Morgan fingerprint density at radius 1 is 0.966 bits per heavy atom. The summed E-state index contributed by atoms with van der Waals surface area (Å²) in [5.41, 5.74) is 4.25. The van der Waals surface area contributed by atoms with Crippen LogP contribution in [0.15, 0.2) is 74.6 Å². The van der Waals surface area contributed by atoms with Gasteiger partial charge in [0.05, 0.1) is 0 Å². The molecule has 0 spiro atoms. The molecule has 3 nitrogen and oxygen atoms in total. The SMILES string of the molecule is Cc1ccc(C2=N[C@H](c3cc(Br)ccc3F)N[C@@H](c3cc(Br)ccc3O)C2)cc1. The van der Waals surface area contributed by atoms with Gasteiger partial charge in [-0.25, -0.2) is 4.39 Å². The molecule has 1 aliphatic heterocycles. The van der Waals surface area contributed by atoms with Gasteiger partial charge in [-0.3, -0.25) is 10.3 Å². The van der Waals surface area contributed by atoms with Crippen LogP contribution in [-0.2, 0) is 0 Å². The molecule has 0 saturated heterocycles. The standard InChI is InChI=1S/C23H19Br2FN2O/c1-13-2-4-14(5-3-13)20-12-21(18-11-16(25)7-9-22(18)29)28-23(27-20)17-10-15(24)6-8-19(17)26/h2-11,21,23,28-29H,12H2,1H3/t21-,23+/m1/s1. The number of nitrogens with one attached hydrogen (secondary N) is 1. The van der Waals surface area contributed by atoms with Crippen LogP contribution in [0.1, 0.15) is 40.9 Å². The van der Waals surface area contributed by atoms with Gasteiger partial charge in [-0.1, -0.05) is 61.7 Å². The summed E-state index contributed by atoms with van der Waals surface area (Å²) in [5, 5.41) is 13.9. The number of aryl methyl sites for hydroxylation is 1. The molecule has 0 radical (unpaired) electrons. The molecule has 1 aliphatic rings. The predicted octanol–water partition coefficient (Wildman–Crippen LogP) is 6.59. The van der Waals surface area contributed by atoms with Gasteiger partial charge in [0, 0.05) is 38.2 Å². The fourth-order valence-corrected chi connectivity index (χ4v) is 4.27. The number of halogens is 3. The summed E-state index contributed by atoms with van der Waals surface area (Å²) in [4.78, 5) is 4.83. The second-order valence-corrected chi connectivity index (χ2v) is 8.97. The summed E-state index contributed by atoms with van der Waals surface area (Å²) in [6, 6.07) is 18.1. The molecule has 2 atom stereocenters. The highest BCUT2D eigenvalue weighted by Gasteiger charge is 2.29. The molecule has 4 rings (SSSR count). The Balaban J connectivity index is 1.80. The van der Waals surface area contributed by atoms with E-state index in [0.29, 0.717) is 12.0 Å². The zero-order valence-electron chi connectivity index (χ0n) is 15.7. The highest BCUT2D eigenvalue weighted by Crippen LogP contribution is 2.36. The second kappa shape index (κ2) is 8.38. The Morgan fingerprint density at radius 3 is 2.34 bits per heavy atom. The Bertz CT molecular complexity index is 1080. The zero-order valence-corrected chi connectivity index (χ0v) is 18.8. The summed E-state index contributed by atoms with van der Waals surface area (Å²) >= 11 is 6.90. The van der Waals surface area contributed by atoms with E-state index in [4.69, 9.17) is 4.99 Å². The Labute approximate surface area is 186 Å². The molecule has 0 aliphatic carbocycles. The number of aromatic hydroxyl groups is 1. The van der Waals surface area contributed by atoms with Crippen molar-refractivity contribution in [3.05, 3.63) is 97.7 Å². The molecule has 0 bridgehead atoms. The van der Waals surface area contributed by atoms with Crippen molar-refractivity contribution >= 4 is 37.6 Å². The summed E-state index contributed by atoms with van der Waals surface area (Å²) in [5.74, 6) is -0.124. The van der Waals surface area contributed by atoms with Crippen molar-refractivity contribution in [2.24, 2.45) is 4.99 Å². The van der Waals surface area contributed by atoms with Crippen LogP contribution in [0.4, 0.5) is 4.39 Å². The van der Waals surface area contributed by atoms with E-state index in [1.807, 2.05) is 37.3 Å². The Hall–Kier alpha value is -2.02. The van der Waals surface area contributed by atoms with Crippen LogP contribution in [0.2, 0.25) is 0 Å². The quantitative estimate of drug-likeness (QED) is 0.411. The lowest BCUT2D eigenvalue weighted by Crippen LogP contribution is -2.33. The molecule has 3 aromatic carbocycles. The number of rotatable bonds is 3. The average molecular weight is 518 g/mol. The fraction of sp³-hybridized carbons (Fsp3) is 0.174. The molecule has 0 unspecified atom stereocenters. The number of phenols is 1. The van der Waals surface area contributed by atoms with E-state index in [2.05, 4.69) is 37.2 Å². The molecular formula is C23H19Br2FN2O. The lowest BCUT2D eigenvalue weighted by Gasteiger charge is -2.31. The van der Waals surface area contributed by atoms with Crippen LogP contribution in [0.25, 0.3) is 0 Å². The fourth-order valence-electron chi connectivity index (χ4n) is 3.51. The maximum absolute atomic E-state index is 14.6. The monoisotopic (exact) mass is 516 g/mol. The van der Waals surface area contributed by atoms with E-state index in [1.54, 1.807) is 24.3 Å². The molecule has 0 fully saturated rings. The van der Waals surface area contributed by atoms with Crippen molar-refractivity contribution < 1.29 is 9.50 Å². The first-order chi connectivity index (χ1) is 13.9. The van der Waals surface area contributed by atoms with Gasteiger partial charge in [0.25, 0.3) is 0 Å². The highest BCUT2D eigenvalue weighted by molar-refractivity contribution is 9.10. The van der Waals surface area contributed by atoms with Crippen molar-refractivity contribution in [2.75, 3.05) is 0 Å². The minimum atomic E-state index is -0.569. The van der Waals surface area contributed by atoms with Crippen LogP contribution in [-0.4, -0.2) is 10.8 Å². The van der Waals surface area contributed by atoms with Crippen LogP contribution < -0.4 is 5.32 Å². The van der Waals surface area contributed by atoms with E-state index < -0.39 is 6.17 Å². The minimum absolute atomic E-state index is 0.198. The molecule has 0 saturated carbocycles. The highest BCUT2D eigenvalue weighted by atomic mass is 79.9. The number of benzene rings is 3. The number of phenolic OH excluding ortho intramolecular Hbond substituents is 1. The number of hydrogen-bond acceptors (Lipinski definition) is 3. The van der Waals surface area contributed by atoms with Crippen LogP contribution in [0, 0.1) is 12.7 Å². The molecular weight excluding hydrogens is 499 g/mol. The van der Waals surface area contributed by atoms with Gasteiger partial charge in [-0.2, -0.15) is 0 Å². The maximum atomic E-state index is 14.6. The van der Waals surface area contributed by atoms with Gasteiger partial charge in [0.15, 0.2) is 0 Å². The summed E-state index contributed by atoms with van der Waals surface area (Å²) in [7, 11) is 0. The molecule has 1 heterocycles. The average Bonchev–Trinajstić information content (AvgIpc) is 2.72. The van der Waals surface area contributed by atoms with Crippen LogP contribution >= 0.6 is 31.9 Å². The number of hydrogen-bond donors (Lipinski definition) is 2. The van der Waals surface area contributed by atoms with Gasteiger partial charge in [0.2, 0.25) is 0 Å². The van der Waals surface area contributed by atoms with Gasteiger partial charge in [-0.05, 0) is 48.9 Å². The Kier molecular flexibility index (Phi) is 5.86. The van der Waals surface area contributed by atoms with E-state index >= 15 is 0 Å². The van der Waals surface area contributed by atoms with Gasteiger partial charge in [0.1, 0.15) is 17.7 Å². The summed E-state index contributed by atoms with van der Waals surface area (Å²) in [6.07, 6.45) is 0.0140. The molecule has 3 aromatic rings. The third-order valence-corrected chi connectivity index (χ3v) is 6.03. The lowest BCUT2D eigenvalue weighted by atomic mass is 9.93. The first kappa shape index (κ1) is 20.3. The first-order valence-electron chi connectivity index (χ1n) is 9.24. The van der Waals surface area contributed by atoms with E-state index in [0.717, 1.165) is 25.8 Å². The topological polar surface area (TPSA) is 44.6 Å². The maximum Gasteiger partial charge on any atom is 0.129 e. The predicted molar refractivity (Wildman–Crippen MR) is 121 cm³/mol. The van der Waals surface area contributed by atoms with Crippen molar-refractivity contribution in [3.8, 4) is 5.75 Å². The van der Waals surface area contributed by atoms with Crippen molar-refractivity contribution in [1.82, 2.24) is 5.32 Å². The minimum Gasteiger partial charge on any atom is -0.508 e. The molecule has 0 amide bonds. The smallest absolute Gasteiger partial charge is 0.129 e. The van der Waals surface area contributed by atoms with Crippen LogP contribution in [0.3, 0.4) is 0 Å². The van der Waals surface area contributed by atoms with Crippen molar-refractivity contribution in [2.45, 2.75) is 25.6 Å². The van der Waals surface area contributed by atoms with E-state index in [1.165, 1.54) is 11.6 Å². The largest absolute Gasteiger partial charge is 0.508 e. The van der Waals surface area contributed by atoms with E-state index in [-0.39, 0.29) is 17.6 Å². The second-order valence-electron chi connectivity index (χ2n) is 7.14. The van der Waals surface area contributed by atoms with Crippen molar-refractivity contribution in [1.29, 1.82) is 0 Å². The molecule has 6 heteroatoms. The molecule has 148 valence electrons. The van der Waals surface area contributed by atoms with Gasteiger partial charge >= 0.3 is 0 Å². The normalized spacial score (nSPS) is 19.1. The molecule has 0 aromatic heterocycles. The third-order valence-electron chi connectivity index (χ3n) is 5.04. The first-order valence-corrected chi connectivity index (χ1v) is 10.8. The van der Waals surface area contributed by atoms with Crippen LogP contribution in [0.5, 0.6) is 5.75 Å².